The van der Waals surface area contributed by atoms with Crippen LogP contribution in [-0.4, -0.2) is 48.4 Å². The Bertz CT molecular complexity index is 996. The van der Waals surface area contributed by atoms with Crippen LogP contribution in [0.15, 0.2) is 5.16 Å². The van der Waals surface area contributed by atoms with Crippen molar-refractivity contribution in [1.82, 2.24) is 15.0 Å². The lowest BCUT2D eigenvalue weighted by molar-refractivity contribution is -0.856. The van der Waals surface area contributed by atoms with Crippen molar-refractivity contribution in [3.63, 3.8) is 0 Å². The van der Waals surface area contributed by atoms with Gasteiger partial charge in [0.1, 0.15) is 10.6 Å². The van der Waals surface area contributed by atoms with Crippen molar-refractivity contribution >= 4 is 49.3 Å². The van der Waals surface area contributed by atoms with Crippen molar-refractivity contribution in [2.24, 2.45) is 0 Å². The highest BCUT2D eigenvalue weighted by Crippen LogP contribution is 2.42. The number of fused-ring (bicyclic) bond motifs is 5. The van der Waals surface area contributed by atoms with Crippen LogP contribution in [-0.2, 0) is 19.3 Å². The fourth-order valence-corrected chi connectivity index (χ4v) is 5.51. The fraction of sp³-hybridized carbons (Fsp3) is 0.571. The number of likely N-dealkylation sites (N-methyl/N-ethyl adjacent to an activating group) is 1. The number of quaternary nitrogens is 1. The van der Waals surface area contributed by atoms with Crippen molar-refractivity contribution in [2.45, 2.75) is 50.6 Å². The van der Waals surface area contributed by atoms with Gasteiger partial charge in [-0.1, -0.05) is 25.1 Å². The maximum absolute atomic E-state index is 5.14. The molecule has 0 saturated carbocycles. The van der Waals surface area contributed by atoms with Crippen LogP contribution in [0, 0.1) is 0 Å². The molecule has 1 aliphatic carbocycles. The average molecular weight is 417 g/mol. The molecule has 7 heteroatoms. The molecule has 1 aliphatic rings. The molecule has 28 heavy (non-hydrogen) atoms. The van der Waals surface area contributed by atoms with Crippen molar-refractivity contribution < 1.29 is 4.90 Å². The Morgan fingerprint density at radius 2 is 1.96 bits per heavy atom. The van der Waals surface area contributed by atoms with Gasteiger partial charge in [-0.05, 0) is 49.5 Å². The quantitative estimate of drug-likeness (QED) is 0.436. The Kier molecular flexibility index (Phi) is 6.04. The predicted octanol–water partition coefficient (Wildman–Crippen LogP) is 3.35. The highest BCUT2D eigenvalue weighted by atomic mass is 32.2. The molecule has 0 bridgehead atoms. The van der Waals surface area contributed by atoms with Gasteiger partial charge in [0.25, 0.3) is 0 Å². The lowest BCUT2D eigenvalue weighted by Gasteiger charge is -2.10. The number of aromatic nitrogens is 3. The van der Waals surface area contributed by atoms with Crippen molar-refractivity contribution in [2.75, 3.05) is 38.8 Å². The normalized spacial score (nSPS) is 13.8. The van der Waals surface area contributed by atoms with Gasteiger partial charge in [0, 0.05) is 11.1 Å². The summed E-state index contributed by atoms with van der Waals surface area (Å²) < 4.78 is 1.16. The number of nitrogens with zero attached hydrogens (tertiary/aromatic N) is 3. The van der Waals surface area contributed by atoms with Gasteiger partial charge in [0.15, 0.2) is 5.16 Å². The molecule has 0 unspecified atom stereocenters. The molecule has 0 aliphatic heterocycles. The average Bonchev–Trinajstić information content (AvgIpc) is 3.29. The molecule has 2 N–H and O–H groups in total. The molecule has 0 radical (unpaired) electrons. The lowest BCUT2D eigenvalue weighted by Crippen LogP contribution is -3.06. The van der Waals surface area contributed by atoms with Crippen LogP contribution < -0.4 is 10.2 Å². The van der Waals surface area contributed by atoms with E-state index in [2.05, 4.69) is 32.6 Å². The van der Waals surface area contributed by atoms with Crippen LogP contribution in [0.3, 0.4) is 0 Å². The summed E-state index contributed by atoms with van der Waals surface area (Å²) in [6, 6.07) is 0. The van der Waals surface area contributed by atoms with E-state index in [0.29, 0.717) is 0 Å². The molecule has 0 atom stereocenters. The number of thiophene rings is 1. The minimum Gasteiger partial charge on any atom is -0.363 e. The van der Waals surface area contributed by atoms with Crippen LogP contribution in [0.25, 0.3) is 20.4 Å². The zero-order valence-electron chi connectivity index (χ0n) is 17.3. The summed E-state index contributed by atoms with van der Waals surface area (Å²) in [7, 11) is 4.35. The van der Waals surface area contributed by atoms with E-state index in [9.17, 15) is 0 Å². The molecule has 5 nitrogen and oxygen atoms in total. The predicted molar refractivity (Wildman–Crippen MR) is 121 cm³/mol. The zero-order valence-corrected chi connectivity index (χ0v) is 18.9. The molecule has 0 fully saturated rings. The first-order valence-electron chi connectivity index (χ1n) is 10.3. The van der Waals surface area contributed by atoms with Crippen molar-refractivity contribution in [1.29, 1.82) is 0 Å². The van der Waals surface area contributed by atoms with Crippen LogP contribution >= 0.6 is 23.1 Å². The van der Waals surface area contributed by atoms with Gasteiger partial charge >= 0.3 is 0 Å². The molecular formula is C21H30N5S2+. The zero-order chi connectivity index (χ0) is 19.7. The van der Waals surface area contributed by atoms with E-state index in [4.69, 9.17) is 15.0 Å². The standard InChI is InChI=1S/C21H29N5S2/c1-5-6-10-15-13-8-7-9-14(13)16-17-18(28-20(16)23-15)19(22-11-12-26(2)3)25-21(24-17)27-4/h5-12H2,1-4H3,(H,22,24,25)/p+1. The number of rotatable bonds is 8. The summed E-state index contributed by atoms with van der Waals surface area (Å²) in [5, 5.41) is 5.71. The van der Waals surface area contributed by atoms with Gasteiger partial charge < -0.3 is 10.2 Å². The fourth-order valence-electron chi connectivity index (χ4n) is 4.02. The van der Waals surface area contributed by atoms with Crippen molar-refractivity contribution in [3.05, 3.63) is 16.8 Å². The first-order chi connectivity index (χ1) is 13.6. The first kappa shape index (κ1) is 19.9. The van der Waals surface area contributed by atoms with E-state index >= 15 is 0 Å². The topological polar surface area (TPSA) is 55.1 Å². The molecule has 150 valence electrons. The van der Waals surface area contributed by atoms with E-state index in [0.717, 1.165) is 52.0 Å². The highest BCUT2D eigenvalue weighted by Gasteiger charge is 2.24. The largest absolute Gasteiger partial charge is 0.363 e. The maximum Gasteiger partial charge on any atom is 0.189 e. The smallest absolute Gasteiger partial charge is 0.189 e. The lowest BCUT2D eigenvalue weighted by atomic mass is 10.0. The third kappa shape index (κ3) is 3.72. The molecular weight excluding hydrogens is 386 g/mol. The summed E-state index contributed by atoms with van der Waals surface area (Å²) in [4.78, 5) is 17.4. The summed E-state index contributed by atoms with van der Waals surface area (Å²) >= 11 is 3.38. The second kappa shape index (κ2) is 8.51. The third-order valence-corrected chi connectivity index (χ3v) is 7.09. The number of aryl methyl sites for hydroxylation is 2. The Labute approximate surface area is 175 Å². The number of thioether (sulfide) groups is 1. The minimum absolute atomic E-state index is 0.841. The maximum atomic E-state index is 5.14. The second-order valence-corrected chi connectivity index (χ2v) is 9.65. The Morgan fingerprint density at radius 1 is 1.14 bits per heavy atom. The highest BCUT2D eigenvalue weighted by molar-refractivity contribution is 7.98. The van der Waals surface area contributed by atoms with E-state index in [-0.39, 0.29) is 0 Å². The Balaban J connectivity index is 1.87. The van der Waals surface area contributed by atoms with Crippen molar-refractivity contribution in [3.8, 4) is 0 Å². The van der Waals surface area contributed by atoms with Crippen LogP contribution in [0.5, 0.6) is 0 Å². The Hall–Kier alpha value is -1.44. The number of anilines is 1. The number of nitrogens with one attached hydrogen (secondary N) is 2. The number of unbranched alkanes of at least 4 members (excludes halogenated alkanes) is 1. The molecule has 0 spiro atoms. The van der Waals surface area contributed by atoms with Gasteiger partial charge in [-0.15, -0.1) is 11.3 Å². The van der Waals surface area contributed by atoms with Crippen LogP contribution in [0.1, 0.15) is 43.0 Å². The van der Waals surface area contributed by atoms with Gasteiger partial charge in [0.2, 0.25) is 0 Å². The van der Waals surface area contributed by atoms with E-state index in [1.807, 2.05) is 0 Å². The van der Waals surface area contributed by atoms with Gasteiger partial charge in [-0.3, -0.25) is 0 Å². The minimum atomic E-state index is 0.841. The SMILES string of the molecule is CCCCc1nc2sc3c(NCC[NH+](C)C)nc(SC)nc3c2c2c1CCC2. The molecule has 3 aromatic heterocycles. The second-order valence-electron chi connectivity index (χ2n) is 7.88. The molecule has 4 rings (SSSR count). The van der Waals surface area contributed by atoms with Gasteiger partial charge in [-0.25, -0.2) is 15.0 Å². The summed E-state index contributed by atoms with van der Waals surface area (Å²) in [5.41, 5.74) is 5.45. The first-order valence-corrected chi connectivity index (χ1v) is 12.4. The summed E-state index contributed by atoms with van der Waals surface area (Å²) in [6.07, 6.45) is 9.15. The van der Waals surface area contributed by atoms with E-state index < -0.39 is 0 Å². The molecule has 0 amide bonds. The molecule has 0 saturated heterocycles. The summed E-state index contributed by atoms with van der Waals surface area (Å²) in [6.45, 7) is 4.22. The van der Waals surface area contributed by atoms with Gasteiger partial charge in [-0.2, -0.15) is 0 Å². The molecule has 0 aromatic carbocycles. The van der Waals surface area contributed by atoms with Gasteiger partial charge in [0.05, 0.1) is 37.4 Å². The van der Waals surface area contributed by atoms with Crippen LogP contribution in [0.4, 0.5) is 5.82 Å². The number of pyridine rings is 1. The number of hydrogen-bond acceptors (Lipinski definition) is 6. The Morgan fingerprint density at radius 3 is 2.71 bits per heavy atom. The molecule has 3 heterocycles. The third-order valence-electron chi connectivity index (χ3n) is 5.47. The monoisotopic (exact) mass is 416 g/mol. The number of hydrogen-bond donors (Lipinski definition) is 2. The molecule has 3 aromatic rings. The van der Waals surface area contributed by atoms with Crippen LogP contribution in [0.2, 0.25) is 0 Å². The summed E-state index contributed by atoms with van der Waals surface area (Å²) in [5.74, 6) is 0.973. The van der Waals surface area contributed by atoms with E-state index in [1.165, 1.54) is 52.8 Å². The van der Waals surface area contributed by atoms with E-state index in [1.54, 1.807) is 23.1 Å².